The van der Waals surface area contributed by atoms with E-state index < -0.39 is 0 Å². The number of anilines is 2. The Bertz CT molecular complexity index is 1520. The van der Waals surface area contributed by atoms with E-state index in [9.17, 15) is 4.79 Å². The number of fused-ring (bicyclic) bond motifs is 6. The highest BCUT2D eigenvalue weighted by atomic mass is 35.5. The molecule has 0 saturated carbocycles. The highest BCUT2D eigenvalue weighted by Crippen LogP contribution is 2.49. The summed E-state index contributed by atoms with van der Waals surface area (Å²) in [4.78, 5) is 13.3. The fourth-order valence-electron chi connectivity index (χ4n) is 4.58. The lowest BCUT2D eigenvalue weighted by molar-refractivity contribution is 0.549. The molecule has 144 valence electrons. The lowest BCUT2D eigenvalue weighted by Crippen LogP contribution is -2.23. The molecule has 4 heteroatoms. The molecule has 1 aromatic heterocycles. The maximum atomic E-state index is 13.3. The lowest BCUT2D eigenvalue weighted by atomic mass is 9.79. The molecule has 0 saturated heterocycles. The van der Waals surface area contributed by atoms with Crippen molar-refractivity contribution in [2.24, 2.45) is 0 Å². The predicted molar refractivity (Wildman–Crippen MR) is 122 cm³/mol. The minimum absolute atomic E-state index is 0.336. The van der Waals surface area contributed by atoms with Crippen LogP contribution in [0.15, 0.2) is 94.1 Å². The van der Waals surface area contributed by atoms with Gasteiger partial charge < -0.3 is 9.73 Å². The molecule has 0 radical (unpaired) electrons. The van der Waals surface area contributed by atoms with Crippen LogP contribution < -0.4 is 10.9 Å². The first-order chi connectivity index (χ1) is 14.7. The Morgan fingerprint density at radius 1 is 0.767 bits per heavy atom. The molecule has 6 rings (SSSR count). The van der Waals surface area contributed by atoms with Crippen LogP contribution in [0.3, 0.4) is 0 Å². The molecular weight excluding hydrogens is 394 g/mol. The van der Waals surface area contributed by atoms with Gasteiger partial charge >= 0.3 is 5.63 Å². The Hall–Kier alpha value is -3.56. The van der Waals surface area contributed by atoms with Crippen LogP contribution in [0, 0.1) is 0 Å². The normalized spacial score (nSPS) is 14.9. The molecule has 1 aliphatic rings. The molecule has 0 bridgehead atoms. The van der Waals surface area contributed by atoms with E-state index >= 15 is 0 Å². The van der Waals surface area contributed by atoms with Crippen molar-refractivity contribution in [1.82, 2.24) is 0 Å². The minimum Gasteiger partial charge on any atom is -0.422 e. The van der Waals surface area contributed by atoms with Gasteiger partial charge in [-0.05, 0) is 46.2 Å². The smallest absolute Gasteiger partial charge is 0.342 e. The third-order valence-corrected chi connectivity index (χ3v) is 6.22. The molecule has 0 aliphatic carbocycles. The number of benzene rings is 4. The summed E-state index contributed by atoms with van der Waals surface area (Å²) in [5.41, 5.74) is 4.50. The summed E-state index contributed by atoms with van der Waals surface area (Å²) >= 11 is 6.66. The predicted octanol–water partition coefficient (Wildman–Crippen LogP) is 6.84. The Kier molecular flexibility index (Phi) is 3.74. The number of hydrogen-bond acceptors (Lipinski definition) is 3. The van der Waals surface area contributed by atoms with Crippen LogP contribution in [0.4, 0.5) is 11.4 Å². The summed E-state index contributed by atoms with van der Waals surface area (Å²) in [6.45, 7) is 0. The summed E-state index contributed by atoms with van der Waals surface area (Å²) in [6.07, 6.45) is 0. The van der Waals surface area contributed by atoms with Crippen LogP contribution in [0.2, 0.25) is 5.02 Å². The molecule has 30 heavy (non-hydrogen) atoms. The van der Waals surface area contributed by atoms with Crippen molar-refractivity contribution in [2.45, 2.75) is 5.92 Å². The molecule has 1 unspecified atom stereocenters. The van der Waals surface area contributed by atoms with E-state index in [0.717, 1.165) is 38.7 Å². The van der Waals surface area contributed by atoms with Crippen molar-refractivity contribution in [3.05, 3.63) is 117 Å². The number of para-hydroxylation sites is 1. The summed E-state index contributed by atoms with van der Waals surface area (Å²) in [5.74, 6) is -0.336. The zero-order chi connectivity index (χ0) is 20.2. The molecule has 4 aromatic carbocycles. The molecule has 0 amide bonds. The third kappa shape index (κ3) is 2.42. The van der Waals surface area contributed by atoms with Gasteiger partial charge in [0, 0.05) is 22.0 Å². The van der Waals surface area contributed by atoms with E-state index in [4.69, 9.17) is 16.0 Å². The van der Waals surface area contributed by atoms with E-state index in [0.29, 0.717) is 16.2 Å². The summed E-state index contributed by atoms with van der Waals surface area (Å²) in [6, 6.07) is 27.7. The van der Waals surface area contributed by atoms with Gasteiger partial charge in [0.25, 0.3) is 0 Å². The van der Waals surface area contributed by atoms with E-state index in [1.54, 1.807) is 0 Å². The fourth-order valence-corrected chi connectivity index (χ4v) is 4.82. The zero-order valence-corrected chi connectivity index (χ0v) is 16.6. The van der Waals surface area contributed by atoms with Crippen molar-refractivity contribution < 1.29 is 4.42 Å². The van der Waals surface area contributed by atoms with Crippen LogP contribution in [-0.4, -0.2) is 0 Å². The van der Waals surface area contributed by atoms with E-state index in [2.05, 4.69) is 29.6 Å². The van der Waals surface area contributed by atoms with Gasteiger partial charge in [0.1, 0.15) is 5.58 Å². The van der Waals surface area contributed by atoms with Gasteiger partial charge in [0.05, 0.1) is 11.3 Å². The molecule has 0 fully saturated rings. The van der Waals surface area contributed by atoms with Crippen molar-refractivity contribution >= 4 is 44.7 Å². The van der Waals surface area contributed by atoms with Gasteiger partial charge in [-0.2, -0.15) is 0 Å². The molecule has 2 heterocycles. The number of halogens is 1. The van der Waals surface area contributed by atoms with Crippen LogP contribution >= 0.6 is 11.6 Å². The van der Waals surface area contributed by atoms with Crippen molar-refractivity contribution in [1.29, 1.82) is 0 Å². The van der Waals surface area contributed by atoms with Crippen molar-refractivity contribution in [2.75, 3.05) is 5.32 Å². The van der Waals surface area contributed by atoms with E-state index in [1.807, 2.05) is 60.7 Å². The lowest BCUT2D eigenvalue weighted by Gasteiger charge is -2.31. The highest BCUT2D eigenvalue weighted by Gasteiger charge is 2.34. The average molecular weight is 410 g/mol. The Labute approximate surface area is 177 Å². The first kappa shape index (κ1) is 17.3. The second kappa shape index (κ2) is 6.48. The molecular formula is C26H16ClNO2. The van der Waals surface area contributed by atoms with E-state index in [-0.39, 0.29) is 11.5 Å². The topological polar surface area (TPSA) is 42.2 Å². The number of hydrogen-bond donors (Lipinski definition) is 1. The summed E-state index contributed by atoms with van der Waals surface area (Å²) in [7, 11) is 0. The van der Waals surface area contributed by atoms with Gasteiger partial charge in [-0.15, -0.1) is 0 Å². The first-order valence-electron chi connectivity index (χ1n) is 9.81. The first-order valence-corrected chi connectivity index (χ1v) is 10.2. The zero-order valence-electron chi connectivity index (χ0n) is 15.9. The third-order valence-electron chi connectivity index (χ3n) is 5.87. The van der Waals surface area contributed by atoms with Crippen LogP contribution in [0.25, 0.3) is 21.7 Å². The second-order valence-electron chi connectivity index (χ2n) is 7.50. The van der Waals surface area contributed by atoms with Crippen LogP contribution in [-0.2, 0) is 0 Å². The summed E-state index contributed by atoms with van der Waals surface area (Å²) < 4.78 is 5.74. The quantitative estimate of drug-likeness (QED) is 0.302. The monoisotopic (exact) mass is 409 g/mol. The average Bonchev–Trinajstić information content (AvgIpc) is 2.78. The van der Waals surface area contributed by atoms with Crippen LogP contribution in [0.1, 0.15) is 22.6 Å². The number of rotatable bonds is 1. The summed E-state index contributed by atoms with van der Waals surface area (Å²) in [5, 5.41) is 7.24. The van der Waals surface area contributed by atoms with Crippen LogP contribution in [0.5, 0.6) is 0 Å². The maximum absolute atomic E-state index is 13.3. The molecule has 1 aliphatic heterocycles. The van der Waals surface area contributed by atoms with Gasteiger partial charge in [0.15, 0.2) is 0 Å². The molecule has 3 nitrogen and oxygen atoms in total. The van der Waals surface area contributed by atoms with Crippen molar-refractivity contribution in [3.8, 4) is 0 Å². The SMILES string of the molecule is O=c1oc2ccccc2c2c1C(c1ccccc1Cl)c1c(ccc3ccccc13)N2. The van der Waals surface area contributed by atoms with Crippen molar-refractivity contribution in [3.63, 3.8) is 0 Å². The highest BCUT2D eigenvalue weighted by molar-refractivity contribution is 6.31. The van der Waals surface area contributed by atoms with E-state index in [1.165, 1.54) is 0 Å². The van der Waals surface area contributed by atoms with Gasteiger partial charge in [-0.1, -0.05) is 72.3 Å². The van der Waals surface area contributed by atoms with Gasteiger partial charge in [-0.3, -0.25) is 0 Å². The number of nitrogens with one attached hydrogen (secondary N) is 1. The Morgan fingerprint density at radius 2 is 1.50 bits per heavy atom. The second-order valence-corrected chi connectivity index (χ2v) is 7.91. The standard InChI is InChI=1S/C26H16ClNO2/c27-19-11-5-3-9-17(19)23-22-16-8-2-1-7-15(16)13-14-20(22)28-25-18-10-4-6-12-21(18)30-26(29)24(23)25/h1-14,23,28H. The largest absolute Gasteiger partial charge is 0.422 e. The molecule has 1 atom stereocenters. The Morgan fingerprint density at radius 3 is 2.37 bits per heavy atom. The molecule has 5 aromatic rings. The maximum Gasteiger partial charge on any atom is 0.342 e. The fraction of sp³-hybridized carbons (Fsp3) is 0.0385. The van der Waals surface area contributed by atoms with Gasteiger partial charge in [-0.25, -0.2) is 4.79 Å². The minimum atomic E-state index is -0.347. The van der Waals surface area contributed by atoms with Gasteiger partial charge in [0.2, 0.25) is 0 Å². The Balaban J connectivity index is 1.79. The molecule has 0 spiro atoms. The molecule has 1 N–H and O–H groups in total.